The number of rotatable bonds is 2. The molecule has 0 spiro atoms. The van der Waals surface area contributed by atoms with Crippen molar-refractivity contribution in [2.24, 2.45) is 0 Å². The highest BCUT2D eigenvalue weighted by Gasteiger charge is 2.21. The van der Waals surface area contributed by atoms with Gasteiger partial charge in [0.1, 0.15) is 17.3 Å². The molecule has 0 saturated heterocycles. The van der Waals surface area contributed by atoms with Gasteiger partial charge in [0.2, 0.25) is 0 Å². The first-order valence-corrected chi connectivity index (χ1v) is 6.46. The first kappa shape index (κ1) is 12.3. The zero-order chi connectivity index (χ0) is 13.4. The minimum absolute atomic E-state index is 0.192. The van der Waals surface area contributed by atoms with E-state index in [2.05, 4.69) is 10.4 Å². The molecule has 0 unspecified atom stereocenters. The van der Waals surface area contributed by atoms with Crippen LogP contribution in [-0.2, 0) is 19.4 Å². The average molecular weight is 263 g/mol. The lowest BCUT2D eigenvalue weighted by molar-refractivity contribution is 0.575. The van der Waals surface area contributed by atoms with Crippen LogP contribution < -0.4 is 5.32 Å². The molecule has 0 saturated carbocycles. The van der Waals surface area contributed by atoms with Crippen molar-refractivity contribution in [1.82, 2.24) is 15.1 Å². The van der Waals surface area contributed by atoms with Crippen molar-refractivity contribution in [2.45, 2.75) is 26.3 Å². The predicted octanol–water partition coefficient (Wildman–Crippen LogP) is 2.36. The highest BCUT2D eigenvalue weighted by atomic mass is 19.1. The first-order valence-electron chi connectivity index (χ1n) is 6.46. The summed E-state index contributed by atoms with van der Waals surface area (Å²) in [6.07, 6.45) is 1.56. The molecule has 1 aliphatic rings. The van der Waals surface area contributed by atoms with Crippen LogP contribution in [0.4, 0.5) is 8.78 Å². The van der Waals surface area contributed by atoms with Crippen LogP contribution in [-0.4, -0.2) is 16.3 Å². The lowest BCUT2D eigenvalue weighted by Crippen LogP contribution is -2.25. The third-order valence-electron chi connectivity index (χ3n) is 3.48. The molecule has 19 heavy (non-hydrogen) atoms. The molecule has 0 fully saturated rings. The summed E-state index contributed by atoms with van der Waals surface area (Å²) in [6.45, 7) is 3.59. The molecule has 0 bridgehead atoms. The van der Waals surface area contributed by atoms with Gasteiger partial charge in [-0.05, 0) is 18.6 Å². The van der Waals surface area contributed by atoms with Crippen LogP contribution in [0.25, 0.3) is 5.69 Å². The maximum absolute atomic E-state index is 13.9. The number of hydrogen-bond acceptors (Lipinski definition) is 2. The minimum Gasteiger partial charge on any atom is -0.312 e. The Balaban J connectivity index is 2.19. The highest BCUT2D eigenvalue weighted by Crippen LogP contribution is 2.24. The van der Waals surface area contributed by atoms with Gasteiger partial charge < -0.3 is 5.32 Å². The van der Waals surface area contributed by atoms with Crippen LogP contribution in [0.5, 0.6) is 0 Å². The predicted molar refractivity (Wildman–Crippen MR) is 68.3 cm³/mol. The Bertz CT molecular complexity index is 619. The van der Waals surface area contributed by atoms with E-state index in [0.717, 1.165) is 55.0 Å². The van der Waals surface area contributed by atoms with Gasteiger partial charge in [0.15, 0.2) is 0 Å². The van der Waals surface area contributed by atoms with Gasteiger partial charge in [-0.2, -0.15) is 5.10 Å². The standard InChI is InChI=1S/C14H15F2N3/c1-2-12-10-8-17-6-5-13(10)19(18-12)14-7-9(15)3-4-11(14)16/h3-4,7,17H,2,5-6,8H2,1H3. The van der Waals surface area contributed by atoms with E-state index < -0.39 is 11.6 Å². The topological polar surface area (TPSA) is 29.9 Å². The Labute approximate surface area is 110 Å². The number of benzene rings is 1. The summed E-state index contributed by atoms with van der Waals surface area (Å²) >= 11 is 0. The van der Waals surface area contributed by atoms with Gasteiger partial charge in [-0.3, -0.25) is 0 Å². The van der Waals surface area contributed by atoms with Crippen LogP contribution in [0.2, 0.25) is 0 Å². The van der Waals surface area contributed by atoms with Crippen molar-refractivity contribution in [3.05, 3.63) is 46.8 Å². The lowest BCUT2D eigenvalue weighted by atomic mass is 10.1. The first-order chi connectivity index (χ1) is 9.20. The Morgan fingerprint density at radius 2 is 2.21 bits per heavy atom. The van der Waals surface area contributed by atoms with Crippen molar-refractivity contribution in [3.8, 4) is 5.69 Å². The van der Waals surface area contributed by atoms with E-state index in [1.54, 1.807) is 4.68 Å². The largest absolute Gasteiger partial charge is 0.312 e. The lowest BCUT2D eigenvalue weighted by Gasteiger charge is -2.15. The molecule has 2 aromatic rings. The number of aromatic nitrogens is 2. The zero-order valence-electron chi connectivity index (χ0n) is 10.7. The smallest absolute Gasteiger partial charge is 0.149 e. The van der Waals surface area contributed by atoms with Gasteiger partial charge in [0.25, 0.3) is 0 Å². The molecule has 0 radical (unpaired) electrons. The summed E-state index contributed by atoms with van der Waals surface area (Å²) in [7, 11) is 0. The van der Waals surface area contributed by atoms with E-state index >= 15 is 0 Å². The summed E-state index contributed by atoms with van der Waals surface area (Å²) in [4.78, 5) is 0. The van der Waals surface area contributed by atoms with E-state index in [1.165, 1.54) is 6.07 Å². The minimum atomic E-state index is -0.451. The molecule has 1 aliphatic heterocycles. The zero-order valence-corrected chi connectivity index (χ0v) is 10.7. The molecule has 5 heteroatoms. The molecule has 0 aliphatic carbocycles. The summed E-state index contributed by atoms with van der Waals surface area (Å²) < 4.78 is 28.8. The van der Waals surface area contributed by atoms with Gasteiger partial charge in [-0.15, -0.1) is 0 Å². The Hall–Kier alpha value is -1.75. The molecule has 1 aromatic carbocycles. The number of fused-ring (bicyclic) bond motifs is 1. The number of nitrogens with one attached hydrogen (secondary N) is 1. The van der Waals surface area contributed by atoms with Crippen LogP contribution in [0.3, 0.4) is 0 Å². The Kier molecular flexibility index (Phi) is 3.06. The molecule has 1 N–H and O–H groups in total. The van der Waals surface area contributed by atoms with Gasteiger partial charge in [-0.25, -0.2) is 13.5 Å². The van der Waals surface area contributed by atoms with E-state index in [4.69, 9.17) is 0 Å². The summed E-state index contributed by atoms with van der Waals surface area (Å²) in [5, 5.41) is 7.74. The normalized spacial score (nSPS) is 14.5. The molecule has 100 valence electrons. The van der Waals surface area contributed by atoms with Crippen molar-refractivity contribution in [3.63, 3.8) is 0 Å². The van der Waals surface area contributed by atoms with Crippen LogP contribution in [0.1, 0.15) is 23.9 Å². The average Bonchev–Trinajstić information content (AvgIpc) is 2.80. The summed E-state index contributed by atoms with van der Waals surface area (Å²) in [6, 6.07) is 3.46. The van der Waals surface area contributed by atoms with E-state index in [1.807, 2.05) is 6.92 Å². The third-order valence-corrected chi connectivity index (χ3v) is 3.48. The van der Waals surface area contributed by atoms with Crippen molar-refractivity contribution in [1.29, 1.82) is 0 Å². The fourth-order valence-electron chi connectivity index (χ4n) is 2.55. The number of hydrogen-bond donors (Lipinski definition) is 1. The van der Waals surface area contributed by atoms with Crippen molar-refractivity contribution in [2.75, 3.05) is 6.54 Å². The van der Waals surface area contributed by atoms with Crippen LogP contribution in [0.15, 0.2) is 18.2 Å². The highest BCUT2D eigenvalue weighted by molar-refractivity contribution is 5.40. The second kappa shape index (κ2) is 4.74. The van der Waals surface area contributed by atoms with Crippen LogP contribution in [0, 0.1) is 11.6 Å². The number of halogens is 2. The van der Waals surface area contributed by atoms with E-state index in [9.17, 15) is 8.78 Å². The third kappa shape index (κ3) is 2.04. The monoisotopic (exact) mass is 263 g/mol. The quantitative estimate of drug-likeness (QED) is 0.901. The second-order valence-electron chi connectivity index (χ2n) is 4.66. The SMILES string of the molecule is CCc1nn(-c2cc(F)ccc2F)c2c1CNCC2. The van der Waals surface area contributed by atoms with E-state index in [0.29, 0.717) is 0 Å². The summed E-state index contributed by atoms with van der Waals surface area (Å²) in [5.74, 6) is -0.902. The van der Waals surface area contributed by atoms with Crippen molar-refractivity contribution >= 4 is 0 Å². The fourth-order valence-corrected chi connectivity index (χ4v) is 2.55. The Morgan fingerprint density at radius 1 is 1.37 bits per heavy atom. The molecule has 3 nitrogen and oxygen atoms in total. The maximum atomic E-state index is 13.9. The molecule has 3 rings (SSSR count). The van der Waals surface area contributed by atoms with Gasteiger partial charge in [0.05, 0.1) is 11.4 Å². The number of aryl methyl sites for hydroxylation is 1. The second-order valence-corrected chi connectivity index (χ2v) is 4.66. The van der Waals surface area contributed by atoms with Gasteiger partial charge in [-0.1, -0.05) is 6.92 Å². The van der Waals surface area contributed by atoms with Gasteiger partial charge in [0, 0.05) is 31.1 Å². The Morgan fingerprint density at radius 3 is 3.00 bits per heavy atom. The van der Waals surface area contributed by atoms with E-state index in [-0.39, 0.29) is 5.69 Å². The van der Waals surface area contributed by atoms with Crippen LogP contribution >= 0.6 is 0 Å². The molecule has 1 aromatic heterocycles. The molecule has 2 heterocycles. The molecular weight excluding hydrogens is 248 g/mol. The molecule has 0 atom stereocenters. The summed E-state index contributed by atoms with van der Waals surface area (Å²) in [5.41, 5.74) is 3.25. The fraction of sp³-hybridized carbons (Fsp3) is 0.357. The molecular formula is C14H15F2N3. The maximum Gasteiger partial charge on any atom is 0.149 e. The molecule has 0 amide bonds. The van der Waals surface area contributed by atoms with Gasteiger partial charge >= 0.3 is 0 Å². The van der Waals surface area contributed by atoms with Crippen molar-refractivity contribution < 1.29 is 8.78 Å². The number of nitrogens with zero attached hydrogens (tertiary/aromatic N) is 2.